The highest BCUT2D eigenvalue weighted by atomic mass is 16.3. The fraction of sp³-hybridized carbons (Fsp3) is 0.281. The number of carbonyl (C=O) groups excluding carboxylic acids is 2. The smallest absolute Gasteiger partial charge is 0.255 e. The number of nitrogens with one attached hydrogen (secondary N) is 3. The molecule has 0 radical (unpaired) electrons. The lowest BCUT2D eigenvalue weighted by Gasteiger charge is -2.23. The van der Waals surface area contributed by atoms with Crippen LogP contribution in [0.4, 0.5) is 5.69 Å². The second-order valence-corrected chi connectivity index (χ2v) is 10.3. The standard InChI is InChI=1S/C32H32N4O3/c1-5-35-26-17-27-25(28(31(38)34-4)29(39-27)20-11-9-19(2)10-12-20)16-24(26)21-7-6-8-22(15-21)30(37)36-32(3,18-33)23-13-14-23/h6-12,15-17,23,35H,5,13-14H2,1-4H3,(H,34,38)(H,36,37). The minimum absolute atomic E-state index is 0.185. The van der Waals surface area contributed by atoms with Crippen LogP contribution in [0.3, 0.4) is 0 Å². The van der Waals surface area contributed by atoms with Crippen LogP contribution in [0.15, 0.2) is 65.1 Å². The molecule has 39 heavy (non-hydrogen) atoms. The molecule has 0 aliphatic heterocycles. The average Bonchev–Trinajstić information content (AvgIpc) is 3.75. The number of amides is 2. The van der Waals surface area contributed by atoms with Crippen molar-refractivity contribution in [3.8, 4) is 28.5 Å². The summed E-state index contributed by atoms with van der Waals surface area (Å²) in [4.78, 5) is 26.3. The monoisotopic (exact) mass is 520 g/mol. The quantitative estimate of drug-likeness (QED) is 0.253. The Kier molecular flexibility index (Phi) is 6.88. The lowest BCUT2D eigenvalue weighted by molar-refractivity contribution is 0.0915. The second-order valence-electron chi connectivity index (χ2n) is 10.3. The maximum atomic E-state index is 13.2. The number of nitrogens with zero attached hydrogens (tertiary/aromatic N) is 1. The summed E-state index contributed by atoms with van der Waals surface area (Å²) < 4.78 is 6.29. The molecule has 4 aromatic rings. The number of aryl methyl sites for hydroxylation is 1. The van der Waals surface area contributed by atoms with Gasteiger partial charge in [-0.3, -0.25) is 9.59 Å². The van der Waals surface area contributed by atoms with Crippen molar-refractivity contribution in [3.63, 3.8) is 0 Å². The summed E-state index contributed by atoms with van der Waals surface area (Å²) >= 11 is 0. The van der Waals surface area contributed by atoms with Crippen LogP contribution < -0.4 is 16.0 Å². The topological polar surface area (TPSA) is 107 Å². The first-order valence-electron chi connectivity index (χ1n) is 13.3. The zero-order valence-electron chi connectivity index (χ0n) is 22.6. The first-order chi connectivity index (χ1) is 18.8. The summed E-state index contributed by atoms with van der Waals surface area (Å²) in [6.45, 7) is 6.48. The van der Waals surface area contributed by atoms with Gasteiger partial charge in [0.25, 0.3) is 11.8 Å². The number of carbonyl (C=O) groups is 2. The zero-order chi connectivity index (χ0) is 27.7. The van der Waals surface area contributed by atoms with Gasteiger partial charge >= 0.3 is 0 Å². The minimum atomic E-state index is -0.882. The van der Waals surface area contributed by atoms with Crippen molar-refractivity contribution in [1.29, 1.82) is 5.26 Å². The average molecular weight is 521 g/mol. The first kappa shape index (κ1) is 26.1. The maximum Gasteiger partial charge on any atom is 0.255 e. The molecule has 1 heterocycles. The fourth-order valence-corrected chi connectivity index (χ4v) is 5.00. The Hall–Kier alpha value is -4.57. The third-order valence-corrected chi connectivity index (χ3v) is 7.40. The number of fused-ring (bicyclic) bond motifs is 1. The second kappa shape index (κ2) is 10.3. The Morgan fingerprint density at radius 3 is 2.44 bits per heavy atom. The van der Waals surface area contributed by atoms with E-state index >= 15 is 0 Å². The summed E-state index contributed by atoms with van der Waals surface area (Å²) in [5.41, 5.74) is 5.05. The third-order valence-electron chi connectivity index (χ3n) is 7.40. The van der Waals surface area contributed by atoms with Crippen molar-refractivity contribution < 1.29 is 14.0 Å². The van der Waals surface area contributed by atoms with Crippen LogP contribution in [0.1, 0.15) is 53.0 Å². The number of hydrogen-bond acceptors (Lipinski definition) is 5. The van der Waals surface area contributed by atoms with Crippen molar-refractivity contribution >= 4 is 28.5 Å². The van der Waals surface area contributed by atoms with E-state index in [1.165, 1.54) is 0 Å². The highest BCUT2D eigenvalue weighted by molar-refractivity contribution is 6.13. The molecular formula is C32H32N4O3. The molecule has 198 valence electrons. The summed E-state index contributed by atoms with van der Waals surface area (Å²) in [6.07, 6.45) is 1.89. The van der Waals surface area contributed by atoms with E-state index in [4.69, 9.17) is 4.42 Å². The Morgan fingerprint density at radius 2 is 1.79 bits per heavy atom. The summed E-state index contributed by atoms with van der Waals surface area (Å²) in [5.74, 6) is 0.169. The van der Waals surface area contributed by atoms with E-state index in [0.29, 0.717) is 34.4 Å². The van der Waals surface area contributed by atoms with Gasteiger partial charge in [0.05, 0.1) is 11.6 Å². The number of benzene rings is 3. The van der Waals surface area contributed by atoms with E-state index in [1.54, 1.807) is 20.0 Å². The molecule has 3 N–H and O–H groups in total. The molecule has 2 amide bonds. The Morgan fingerprint density at radius 1 is 1.05 bits per heavy atom. The summed E-state index contributed by atoms with van der Waals surface area (Å²) in [7, 11) is 1.60. The predicted molar refractivity (Wildman–Crippen MR) is 154 cm³/mol. The van der Waals surface area contributed by atoms with E-state index in [1.807, 2.05) is 68.4 Å². The summed E-state index contributed by atoms with van der Waals surface area (Å²) in [5, 5.41) is 19.5. The van der Waals surface area contributed by atoms with Crippen LogP contribution in [0.5, 0.6) is 0 Å². The maximum absolute atomic E-state index is 13.2. The van der Waals surface area contributed by atoms with Crippen LogP contribution in [0.2, 0.25) is 0 Å². The van der Waals surface area contributed by atoms with Crippen molar-refractivity contribution in [3.05, 3.63) is 77.4 Å². The molecule has 1 fully saturated rings. The predicted octanol–water partition coefficient (Wildman–Crippen LogP) is 6.29. The Labute approximate surface area is 228 Å². The molecule has 0 saturated heterocycles. The molecule has 0 spiro atoms. The minimum Gasteiger partial charge on any atom is -0.455 e. The number of hydrogen-bond donors (Lipinski definition) is 3. The highest BCUT2D eigenvalue weighted by Crippen LogP contribution is 2.41. The van der Waals surface area contributed by atoms with E-state index in [-0.39, 0.29) is 17.7 Å². The van der Waals surface area contributed by atoms with Crippen LogP contribution in [-0.2, 0) is 0 Å². The van der Waals surface area contributed by atoms with Crippen molar-refractivity contribution in [2.75, 3.05) is 18.9 Å². The van der Waals surface area contributed by atoms with E-state index < -0.39 is 5.54 Å². The van der Waals surface area contributed by atoms with E-state index in [2.05, 4.69) is 22.0 Å². The summed E-state index contributed by atoms with van der Waals surface area (Å²) in [6, 6.07) is 21.3. The SMILES string of the molecule is CCNc1cc2oc(-c3ccc(C)cc3)c(C(=O)NC)c2cc1-c1cccc(C(=O)NC(C)(C#N)C2CC2)c1. The molecule has 5 rings (SSSR count). The molecule has 3 aromatic carbocycles. The molecule has 7 nitrogen and oxygen atoms in total. The Bertz CT molecular complexity index is 1610. The molecule has 7 heteroatoms. The molecule has 1 aliphatic carbocycles. The van der Waals surface area contributed by atoms with Gasteiger partial charge in [0, 0.05) is 47.4 Å². The Balaban J connectivity index is 1.62. The third kappa shape index (κ3) is 4.98. The van der Waals surface area contributed by atoms with Crippen LogP contribution in [0, 0.1) is 24.2 Å². The van der Waals surface area contributed by atoms with Gasteiger partial charge in [-0.25, -0.2) is 0 Å². The van der Waals surface area contributed by atoms with Gasteiger partial charge in [-0.05, 0) is 63.3 Å². The molecule has 1 atom stereocenters. The molecule has 1 aliphatic rings. The fourth-order valence-electron chi connectivity index (χ4n) is 5.00. The van der Waals surface area contributed by atoms with Crippen molar-refractivity contribution in [1.82, 2.24) is 10.6 Å². The normalized spacial score (nSPS) is 14.3. The molecular weight excluding hydrogens is 488 g/mol. The van der Waals surface area contributed by atoms with Gasteiger partial charge < -0.3 is 20.4 Å². The molecule has 1 aromatic heterocycles. The number of anilines is 1. The van der Waals surface area contributed by atoms with Gasteiger partial charge in [0.2, 0.25) is 0 Å². The van der Waals surface area contributed by atoms with E-state index in [0.717, 1.165) is 40.8 Å². The number of nitriles is 1. The van der Waals surface area contributed by atoms with Crippen LogP contribution in [-0.4, -0.2) is 30.9 Å². The van der Waals surface area contributed by atoms with Gasteiger partial charge in [-0.2, -0.15) is 5.26 Å². The van der Waals surface area contributed by atoms with Gasteiger partial charge in [0.15, 0.2) is 0 Å². The van der Waals surface area contributed by atoms with Gasteiger partial charge in [0.1, 0.15) is 16.9 Å². The highest BCUT2D eigenvalue weighted by Gasteiger charge is 2.43. The van der Waals surface area contributed by atoms with Crippen LogP contribution >= 0.6 is 0 Å². The van der Waals surface area contributed by atoms with Gasteiger partial charge in [-0.15, -0.1) is 0 Å². The van der Waals surface area contributed by atoms with Crippen molar-refractivity contribution in [2.45, 2.75) is 39.2 Å². The van der Waals surface area contributed by atoms with Crippen LogP contribution in [0.25, 0.3) is 33.4 Å². The van der Waals surface area contributed by atoms with Gasteiger partial charge in [-0.1, -0.05) is 42.0 Å². The zero-order valence-corrected chi connectivity index (χ0v) is 22.6. The largest absolute Gasteiger partial charge is 0.455 e. The molecule has 1 saturated carbocycles. The molecule has 1 unspecified atom stereocenters. The number of furan rings is 1. The lowest BCUT2D eigenvalue weighted by Crippen LogP contribution is -2.46. The van der Waals surface area contributed by atoms with Crippen molar-refractivity contribution in [2.24, 2.45) is 5.92 Å². The van der Waals surface area contributed by atoms with E-state index in [9.17, 15) is 14.9 Å². The first-order valence-corrected chi connectivity index (χ1v) is 13.3. The lowest BCUT2D eigenvalue weighted by atomic mass is 9.95. The number of rotatable bonds is 8. The molecule has 0 bridgehead atoms.